The van der Waals surface area contributed by atoms with Gasteiger partial charge >= 0.3 is 0 Å². The molecule has 0 radical (unpaired) electrons. The minimum absolute atomic E-state index is 0.264. The largest absolute Gasteiger partial charge is 0.378 e. The summed E-state index contributed by atoms with van der Waals surface area (Å²) < 4.78 is 13.2. The summed E-state index contributed by atoms with van der Waals surface area (Å²) in [6, 6.07) is 1.00. The fourth-order valence-electron chi connectivity index (χ4n) is 4.34. The zero-order valence-corrected chi connectivity index (χ0v) is 15.7. The molecule has 3 fully saturated rings. The number of hydrogen-bond acceptors (Lipinski definition) is 7. The number of ether oxygens (including phenoxy) is 2. The maximum Gasteiger partial charge on any atom is 0.226 e. The Kier molecular flexibility index (Phi) is 4.23. The van der Waals surface area contributed by atoms with Gasteiger partial charge in [-0.05, 0) is 24.4 Å². The lowest BCUT2D eigenvalue weighted by molar-refractivity contribution is -0.0200. The number of rotatable bonds is 3. The molecule has 0 aromatic carbocycles. The number of halogens is 1. The van der Waals surface area contributed by atoms with Crippen molar-refractivity contribution in [1.82, 2.24) is 24.4 Å². The number of nitrogens with zero attached hydrogens (tertiary/aromatic N) is 6. The Hall–Kier alpha value is -1.48. The average Bonchev–Trinajstić information content (AvgIpc) is 3.07. The first-order valence-corrected chi connectivity index (χ1v) is 9.63. The van der Waals surface area contributed by atoms with Crippen molar-refractivity contribution in [3.05, 3.63) is 11.1 Å². The first kappa shape index (κ1) is 16.7. The lowest BCUT2D eigenvalue weighted by Crippen LogP contribution is -2.45. The standard InChI is InChI=1S/C17H23ClN6O2/c1-22-13(8-24-11-2-3-12(24)10-26-9-11)19-14-15(22)20-17(18)21-16(14)23-4-6-25-7-5-23/h11-12H,2-10H2,1H3. The molecule has 5 heterocycles. The van der Waals surface area contributed by atoms with Gasteiger partial charge in [0.1, 0.15) is 5.82 Å². The van der Waals surface area contributed by atoms with E-state index in [4.69, 9.17) is 26.1 Å². The molecule has 0 amide bonds. The summed E-state index contributed by atoms with van der Waals surface area (Å²) in [6.07, 6.45) is 2.42. The summed E-state index contributed by atoms with van der Waals surface area (Å²) in [6.45, 7) is 5.44. The zero-order chi connectivity index (χ0) is 17.7. The maximum absolute atomic E-state index is 6.22. The van der Waals surface area contributed by atoms with Crippen molar-refractivity contribution in [3.8, 4) is 0 Å². The quantitative estimate of drug-likeness (QED) is 0.744. The highest BCUT2D eigenvalue weighted by Gasteiger charge is 2.38. The van der Waals surface area contributed by atoms with E-state index in [0.29, 0.717) is 25.3 Å². The molecule has 0 spiro atoms. The Morgan fingerprint density at radius 2 is 1.77 bits per heavy atom. The SMILES string of the molecule is Cn1c(CN2C3CCC2COC3)nc2c(N3CCOCC3)nc(Cl)nc21. The average molecular weight is 379 g/mol. The number of hydrogen-bond donors (Lipinski definition) is 0. The summed E-state index contributed by atoms with van der Waals surface area (Å²) in [5.41, 5.74) is 1.62. The fraction of sp³-hybridized carbons (Fsp3) is 0.706. The molecule has 0 saturated carbocycles. The number of imidazole rings is 1. The number of aromatic nitrogens is 4. The van der Waals surface area contributed by atoms with Crippen LogP contribution in [0.5, 0.6) is 0 Å². The minimum atomic E-state index is 0.264. The van der Waals surface area contributed by atoms with Crippen molar-refractivity contribution in [2.75, 3.05) is 44.4 Å². The molecular weight excluding hydrogens is 356 g/mol. The summed E-state index contributed by atoms with van der Waals surface area (Å²) in [5.74, 6) is 1.82. The second-order valence-corrected chi connectivity index (χ2v) is 7.61. The molecule has 0 N–H and O–H groups in total. The van der Waals surface area contributed by atoms with Crippen LogP contribution in [0.2, 0.25) is 5.28 Å². The van der Waals surface area contributed by atoms with Crippen molar-refractivity contribution in [2.45, 2.75) is 31.5 Å². The molecule has 0 aliphatic carbocycles. The van der Waals surface area contributed by atoms with Crippen molar-refractivity contribution in [3.63, 3.8) is 0 Å². The van der Waals surface area contributed by atoms with Crippen molar-refractivity contribution in [1.29, 1.82) is 0 Å². The summed E-state index contributed by atoms with van der Waals surface area (Å²) in [7, 11) is 2.01. The van der Waals surface area contributed by atoms with Crippen LogP contribution in [-0.2, 0) is 23.1 Å². The highest BCUT2D eigenvalue weighted by Crippen LogP contribution is 2.32. The molecule has 5 rings (SSSR count). The third kappa shape index (κ3) is 2.76. The Morgan fingerprint density at radius 1 is 1.04 bits per heavy atom. The van der Waals surface area contributed by atoms with Crippen LogP contribution in [0.1, 0.15) is 18.7 Å². The number of anilines is 1. The van der Waals surface area contributed by atoms with Crippen LogP contribution < -0.4 is 4.90 Å². The van der Waals surface area contributed by atoms with Gasteiger partial charge in [-0.1, -0.05) is 0 Å². The van der Waals surface area contributed by atoms with Gasteiger partial charge < -0.3 is 18.9 Å². The molecule has 9 heteroatoms. The van der Waals surface area contributed by atoms with E-state index in [2.05, 4.69) is 24.3 Å². The van der Waals surface area contributed by atoms with E-state index in [1.807, 2.05) is 7.05 Å². The number of morpholine rings is 2. The molecular formula is C17H23ClN6O2. The molecule has 2 bridgehead atoms. The minimum Gasteiger partial charge on any atom is -0.378 e. The third-order valence-electron chi connectivity index (χ3n) is 5.79. The van der Waals surface area contributed by atoms with E-state index in [1.165, 1.54) is 12.8 Å². The molecule has 3 aliphatic heterocycles. The van der Waals surface area contributed by atoms with Gasteiger partial charge in [0, 0.05) is 32.2 Å². The van der Waals surface area contributed by atoms with Crippen molar-refractivity contribution >= 4 is 28.6 Å². The van der Waals surface area contributed by atoms with E-state index in [1.54, 1.807) is 0 Å². The second kappa shape index (κ2) is 6.60. The Bertz CT molecular complexity index is 805. The predicted octanol–water partition coefficient (Wildman–Crippen LogP) is 1.22. The topological polar surface area (TPSA) is 68.5 Å². The van der Waals surface area contributed by atoms with Crippen LogP contribution in [0.15, 0.2) is 0 Å². The molecule has 2 unspecified atom stereocenters. The van der Waals surface area contributed by atoms with E-state index in [-0.39, 0.29) is 5.28 Å². The normalized spacial score (nSPS) is 26.8. The van der Waals surface area contributed by atoms with Gasteiger partial charge in [0.2, 0.25) is 5.28 Å². The van der Waals surface area contributed by atoms with Gasteiger partial charge in [-0.15, -0.1) is 0 Å². The van der Waals surface area contributed by atoms with E-state index < -0.39 is 0 Å². The first-order valence-electron chi connectivity index (χ1n) is 9.25. The highest BCUT2D eigenvalue weighted by atomic mass is 35.5. The Labute approximate surface area is 157 Å². The van der Waals surface area contributed by atoms with Gasteiger partial charge in [0.05, 0.1) is 33.0 Å². The van der Waals surface area contributed by atoms with Crippen LogP contribution in [-0.4, -0.2) is 76.0 Å². The van der Waals surface area contributed by atoms with Gasteiger partial charge in [0.25, 0.3) is 0 Å². The molecule has 3 saturated heterocycles. The predicted molar refractivity (Wildman–Crippen MR) is 97.5 cm³/mol. The smallest absolute Gasteiger partial charge is 0.226 e. The molecule has 140 valence electrons. The van der Waals surface area contributed by atoms with Crippen LogP contribution in [0, 0.1) is 0 Å². The summed E-state index contributed by atoms with van der Waals surface area (Å²) >= 11 is 6.22. The molecule has 2 aromatic heterocycles. The van der Waals surface area contributed by atoms with Gasteiger partial charge in [-0.2, -0.15) is 9.97 Å². The van der Waals surface area contributed by atoms with Crippen LogP contribution in [0.4, 0.5) is 5.82 Å². The summed E-state index contributed by atoms with van der Waals surface area (Å²) in [4.78, 5) is 18.6. The first-order chi connectivity index (χ1) is 12.7. The number of aryl methyl sites for hydroxylation is 1. The van der Waals surface area contributed by atoms with Crippen molar-refractivity contribution in [2.24, 2.45) is 7.05 Å². The van der Waals surface area contributed by atoms with Crippen LogP contribution in [0.25, 0.3) is 11.2 Å². The molecule has 2 atom stereocenters. The molecule has 26 heavy (non-hydrogen) atoms. The summed E-state index contributed by atoms with van der Waals surface area (Å²) in [5, 5.41) is 0.264. The van der Waals surface area contributed by atoms with E-state index in [9.17, 15) is 0 Å². The third-order valence-corrected chi connectivity index (χ3v) is 5.96. The van der Waals surface area contributed by atoms with Gasteiger partial charge in [-0.3, -0.25) is 4.90 Å². The van der Waals surface area contributed by atoms with Crippen molar-refractivity contribution < 1.29 is 9.47 Å². The monoisotopic (exact) mass is 378 g/mol. The maximum atomic E-state index is 6.22. The lowest BCUT2D eigenvalue weighted by atomic mass is 10.2. The van der Waals surface area contributed by atoms with Crippen LogP contribution in [0.3, 0.4) is 0 Å². The zero-order valence-electron chi connectivity index (χ0n) is 14.9. The van der Waals surface area contributed by atoms with Crippen LogP contribution >= 0.6 is 11.6 Å². The molecule has 3 aliphatic rings. The highest BCUT2D eigenvalue weighted by molar-refractivity contribution is 6.28. The van der Waals surface area contributed by atoms with E-state index >= 15 is 0 Å². The van der Waals surface area contributed by atoms with Gasteiger partial charge in [-0.25, -0.2) is 4.98 Å². The lowest BCUT2D eigenvalue weighted by Gasteiger charge is -2.34. The Balaban J connectivity index is 1.52. The number of fused-ring (bicyclic) bond motifs is 3. The Morgan fingerprint density at radius 3 is 2.50 bits per heavy atom. The second-order valence-electron chi connectivity index (χ2n) is 7.27. The van der Waals surface area contributed by atoms with E-state index in [0.717, 1.165) is 55.7 Å². The molecule has 2 aromatic rings. The van der Waals surface area contributed by atoms with Gasteiger partial charge in [0.15, 0.2) is 17.0 Å². The molecule has 8 nitrogen and oxygen atoms in total. The fourth-order valence-corrected chi connectivity index (χ4v) is 4.50.